The Labute approximate surface area is 129 Å². The van der Waals surface area contributed by atoms with E-state index in [0.29, 0.717) is 25.8 Å². The van der Waals surface area contributed by atoms with Gasteiger partial charge in [0.1, 0.15) is 12.4 Å². The molecule has 0 aliphatic carbocycles. The third-order valence-electron chi connectivity index (χ3n) is 3.82. The van der Waals surface area contributed by atoms with Crippen LogP contribution in [0.3, 0.4) is 0 Å². The minimum atomic E-state index is -0.458. The highest BCUT2D eigenvalue weighted by Gasteiger charge is 2.28. The van der Waals surface area contributed by atoms with Crippen molar-refractivity contribution in [1.82, 2.24) is 4.90 Å². The van der Waals surface area contributed by atoms with Crippen LogP contribution in [0.4, 0.5) is 0 Å². The lowest BCUT2D eigenvalue weighted by molar-refractivity contribution is 0.00326. The number of nitrogens with zero attached hydrogens (tertiary/aromatic N) is 1. The van der Waals surface area contributed by atoms with Crippen LogP contribution in [0.1, 0.15) is 29.5 Å². The number of rotatable bonds is 7. The first-order chi connectivity index (χ1) is 10.3. The van der Waals surface area contributed by atoms with Gasteiger partial charge in [-0.25, -0.2) is 0 Å². The maximum absolute atomic E-state index is 10.2. The summed E-state index contributed by atoms with van der Waals surface area (Å²) in [4.78, 5) is 3.77. The molecule has 3 heterocycles. The highest BCUT2D eigenvalue weighted by atomic mass is 32.1. The Morgan fingerprint density at radius 1 is 1.43 bits per heavy atom. The molecule has 0 radical (unpaired) electrons. The molecule has 0 amide bonds. The number of β-amino-alcohol motifs (C(OH)–C–C–N with tert-alkyl or cyclic N) is 1. The van der Waals surface area contributed by atoms with Gasteiger partial charge in [-0.15, -0.1) is 11.3 Å². The van der Waals surface area contributed by atoms with E-state index in [1.54, 1.807) is 17.6 Å². The molecular formula is C16H21NO3S. The zero-order valence-corrected chi connectivity index (χ0v) is 12.8. The van der Waals surface area contributed by atoms with Crippen LogP contribution in [0.15, 0.2) is 40.3 Å². The van der Waals surface area contributed by atoms with E-state index in [1.807, 2.05) is 12.1 Å². The summed E-state index contributed by atoms with van der Waals surface area (Å²) in [6.07, 6.45) is 3.55. The average molecular weight is 307 g/mol. The summed E-state index contributed by atoms with van der Waals surface area (Å²) in [5.41, 5.74) is 0. The van der Waals surface area contributed by atoms with Crippen molar-refractivity contribution in [3.63, 3.8) is 0 Å². The van der Waals surface area contributed by atoms with E-state index in [2.05, 4.69) is 22.4 Å². The molecule has 2 aromatic rings. The van der Waals surface area contributed by atoms with Crippen molar-refractivity contribution < 1.29 is 14.3 Å². The fraction of sp³-hybridized carbons (Fsp3) is 0.500. The maximum atomic E-state index is 10.2. The minimum Gasteiger partial charge on any atom is -0.467 e. The zero-order valence-electron chi connectivity index (χ0n) is 12.0. The van der Waals surface area contributed by atoms with Crippen molar-refractivity contribution in [3.8, 4) is 0 Å². The fourth-order valence-corrected chi connectivity index (χ4v) is 3.76. The van der Waals surface area contributed by atoms with Crippen molar-refractivity contribution in [1.29, 1.82) is 0 Å². The molecule has 1 fully saturated rings. The quantitative estimate of drug-likeness (QED) is 0.854. The van der Waals surface area contributed by atoms with Crippen LogP contribution in [0, 0.1) is 0 Å². The second-order valence-electron chi connectivity index (χ2n) is 5.42. The van der Waals surface area contributed by atoms with Crippen LogP contribution in [-0.4, -0.2) is 35.8 Å². The highest BCUT2D eigenvalue weighted by molar-refractivity contribution is 7.10. The average Bonchev–Trinajstić information content (AvgIpc) is 3.20. The molecule has 1 saturated heterocycles. The normalized spacial score (nSPS) is 20.9. The van der Waals surface area contributed by atoms with E-state index in [4.69, 9.17) is 9.15 Å². The molecule has 21 heavy (non-hydrogen) atoms. The van der Waals surface area contributed by atoms with Crippen LogP contribution in [-0.2, 0) is 11.3 Å². The number of aliphatic hydroxyl groups excluding tert-OH is 1. The van der Waals surface area contributed by atoms with Gasteiger partial charge in [-0.3, -0.25) is 4.90 Å². The number of ether oxygens (including phenoxy) is 1. The van der Waals surface area contributed by atoms with Gasteiger partial charge >= 0.3 is 0 Å². The topological polar surface area (TPSA) is 45.8 Å². The van der Waals surface area contributed by atoms with Crippen LogP contribution in [0.25, 0.3) is 0 Å². The molecule has 1 aliphatic rings. The lowest BCUT2D eigenvalue weighted by atomic mass is 10.2. The van der Waals surface area contributed by atoms with Gasteiger partial charge in [0.2, 0.25) is 0 Å². The van der Waals surface area contributed by atoms with Crippen molar-refractivity contribution in [2.75, 3.05) is 19.7 Å². The summed E-state index contributed by atoms with van der Waals surface area (Å²) in [6.45, 7) is 2.48. The van der Waals surface area contributed by atoms with Gasteiger partial charge in [0.25, 0.3) is 0 Å². The number of furan rings is 1. The van der Waals surface area contributed by atoms with E-state index in [9.17, 15) is 5.11 Å². The van der Waals surface area contributed by atoms with Gasteiger partial charge in [-0.2, -0.15) is 0 Å². The van der Waals surface area contributed by atoms with E-state index in [0.717, 1.165) is 12.3 Å². The van der Waals surface area contributed by atoms with E-state index in [1.165, 1.54) is 17.7 Å². The third kappa shape index (κ3) is 3.95. The summed E-state index contributed by atoms with van der Waals surface area (Å²) in [5, 5.41) is 12.3. The largest absolute Gasteiger partial charge is 0.467 e. The smallest absolute Gasteiger partial charge is 0.129 e. The van der Waals surface area contributed by atoms with E-state index in [-0.39, 0.29) is 0 Å². The molecule has 0 aromatic carbocycles. The van der Waals surface area contributed by atoms with Gasteiger partial charge in [0.15, 0.2) is 0 Å². The lowest BCUT2D eigenvalue weighted by Gasteiger charge is -2.26. The number of thiophene rings is 1. The summed E-state index contributed by atoms with van der Waals surface area (Å²) >= 11 is 1.80. The van der Waals surface area contributed by atoms with Crippen LogP contribution < -0.4 is 0 Å². The Hall–Kier alpha value is -1.14. The first kappa shape index (κ1) is 14.8. The molecule has 2 aromatic heterocycles. The summed E-state index contributed by atoms with van der Waals surface area (Å²) in [5.74, 6) is 0.792. The third-order valence-corrected chi connectivity index (χ3v) is 4.79. The number of aliphatic hydroxyl groups is 1. The highest BCUT2D eigenvalue weighted by Crippen LogP contribution is 2.34. The summed E-state index contributed by atoms with van der Waals surface area (Å²) in [7, 11) is 0. The van der Waals surface area contributed by atoms with Gasteiger partial charge < -0.3 is 14.3 Å². The first-order valence-corrected chi connectivity index (χ1v) is 8.26. The summed E-state index contributed by atoms with van der Waals surface area (Å²) in [6, 6.07) is 8.46. The van der Waals surface area contributed by atoms with Gasteiger partial charge in [-0.1, -0.05) is 6.07 Å². The van der Waals surface area contributed by atoms with Crippen LogP contribution in [0.5, 0.6) is 0 Å². The molecule has 0 unspecified atom stereocenters. The molecule has 1 aliphatic heterocycles. The van der Waals surface area contributed by atoms with E-state index >= 15 is 0 Å². The maximum Gasteiger partial charge on any atom is 0.129 e. The zero-order chi connectivity index (χ0) is 14.5. The first-order valence-electron chi connectivity index (χ1n) is 7.38. The Bertz CT molecular complexity index is 512. The molecule has 0 bridgehead atoms. The van der Waals surface area contributed by atoms with Crippen molar-refractivity contribution in [2.24, 2.45) is 0 Å². The number of likely N-dealkylation sites (tertiary alicyclic amines) is 1. The predicted octanol–water partition coefficient (Wildman–Crippen LogP) is 3.06. The SMILES string of the molecule is O[C@@H](COCc1ccco1)CN1CCC[C@H]1c1cccs1. The van der Waals surface area contributed by atoms with Crippen LogP contribution >= 0.6 is 11.3 Å². The molecular weight excluding hydrogens is 286 g/mol. The molecule has 2 atom stereocenters. The standard InChI is InChI=1S/C16H21NO3S/c18-13(11-19-12-14-4-2-8-20-14)10-17-7-1-5-15(17)16-6-3-9-21-16/h2-4,6,8-9,13,15,18H,1,5,7,10-12H2/t13-,15+/m1/s1. The second-order valence-corrected chi connectivity index (χ2v) is 6.40. The molecule has 0 spiro atoms. The second kappa shape index (κ2) is 7.22. The Balaban J connectivity index is 1.44. The van der Waals surface area contributed by atoms with Gasteiger partial charge in [-0.05, 0) is 43.0 Å². The Morgan fingerprint density at radius 3 is 3.14 bits per heavy atom. The predicted molar refractivity (Wildman–Crippen MR) is 82.2 cm³/mol. The lowest BCUT2D eigenvalue weighted by Crippen LogP contribution is -2.34. The van der Waals surface area contributed by atoms with Crippen LogP contribution in [0.2, 0.25) is 0 Å². The Morgan fingerprint density at radius 2 is 2.38 bits per heavy atom. The van der Waals surface area contributed by atoms with E-state index < -0.39 is 6.10 Å². The molecule has 1 N–H and O–H groups in total. The fourth-order valence-electron chi connectivity index (χ4n) is 2.86. The summed E-state index contributed by atoms with van der Waals surface area (Å²) < 4.78 is 10.7. The minimum absolute atomic E-state index is 0.342. The van der Waals surface area contributed by atoms with Crippen molar-refractivity contribution in [3.05, 3.63) is 46.5 Å². The Kier molecular flexibility index (Phi) is 5.08. The molecule has 5 heteroatoms. The van der Waals surface area contributed by atoms with Crippen molar-refractivity contribution in [2.45, 2.75) is 31.6 Å². The number of hydrogen-bond acceptors (Lipinski definition) is 5. The molecule has 3 rings (SSSR count). The molecule has 114 valence electrons. The molecule has 0 saturated carbocycles. The van der Waals surface area contributed by atoms with Gasteiger partial charge in [0, 0.05) is 17.5 Å². The number of hydrogen-bond donors (Lipinski definition) is 1. The molecule has 4 nitrogen and oxygen atoms in total. The van der Waals surface area contributed by atoms with Gasteiger partial charge in [0.05, 0.1) is 19.0 Å². The van der Waals surface area contributed by atoms with Crippen molar-refractivity contribution >= 4 is 11.3 Å². The monoisotopic (exact) mass is 307 g/mol.